The summed E-state index contributed by atoms with van der Waals surface area (Å²) in [6, 6.07) is 4.26. The zero-order valence-electron chi connectivity index (χ0n) is 9.61. The van der Waals surface area contributed by atoms with Crippen LogP contribution >= 0.6 is 11.6 Å². The molecule has 94 valence electrons. The molecule has 0 aliphatic rings. The van der Waals surface area contributed by atoms with Crippen LogP contribution in [-0.2, 0) is 11.2 Å². The van der Waals surface area contributed by atoms with Crippen LogP contribution in [0.1, 0.15) is 18.9 Å². The summed E-state index contributed by atoms with van der Waals surface area (Å²) in [5.41, 5.74) is 0.648. The van der Waals surface area contributed by atoms with Crippen molar-refractivity contribution in [2.45, 2.75) is 25.8 Å². The summed E-state index contributed by atoms with van der Waals surface area (Å²) in [6.07, 6.45) is 0.807. The first kappa shape index (κ1) is 13.8. The topological polar surface area (TPSA) is 69.6 Å². The average Bonchev–Trinajstić information content (AvgIpc) is 2.29. The van der Waals surface area contributed by atoms with Crippen LogP contribution in [0.15, 0.2) is 18.2 Å². The lowest BCUT2D eigenvalue weighted by atomic mass is 10.1. The zero-order valence-corrected chi connectivity index (χ0v) is 10.4. The zero-order chi connectivity index (χ0) is 12.8. The van der Waals surface area contributed by atoms with E-state index in [4.69, 9.17) is 16.7 Å². The van der Waals surface area contributed by atoms with Crippen molar-refractivity contribution in [3.05, 3.63) is 28.8 Å². The fourth-order valence-corrected chi connectivity index (χ4v) is 1.65. The van der Waals surface area contributed by atoms with Crippen LogP contribution in [0, 0.1) is 0 Å². The van der Waals surface area contributed by atoms with E-state index in [-0.39, 0.29) is 30.7 Å². The van der Waals surface area contributed by atoms with Gasteiger partial charge < -0.3 is 15.5 Å². The Balaban J connectivity index is 2.62. The van der Waals surface area contributed by atoms with Crippen LogP contribution in [0.5, 0.6) is 5.75 Å². The standard InChI is InChI=1S/C12H16ClNO3/c1-2-9(7-15)14-12(17)5-8-3-4-10(16)6-11(8)13/h3-4,6,9,15-16H,2,5,7H2,1H3,(H,14,17)/t9-/m1/s1. The van der Waals surface area contributed by atoms with Gasteiger partial charge in [-0.05, 0) is 24.1 Å². The van der Waals surface area contributed by atoms with Gasteiger partial charge in [-0.25, -0.2) is 0 Å². The predicted octanol–water partition coefficient (Wildman–Crippen LogP) is 1.48. The predicted molar refractivity (Wildman–Crippen MR) is 66.1 cm³/mol. The third-order valence-electron chi connectivity index (χ3n) is 2.47. The molecular weight excluding hydrogens is 242 g/mol. The quantitative estimate of drug-likeness (QED) is 0.748. The molecule has 5 heteroatoms. The number of halogens is 1. The fourth-order valence-electron chi connectivity index (χ4n) is 1.41. The molecule has 0 saturated carbocycles. The van der Waals surface area contributed by atoms with Crippen LogP contribution in [0.25, 0.3) is 0 Å². The van der Waals surface area contributed by atoms with E-state index in [0.29, 0.717) is 17.0 Å². The molecule has 3 N–H and O–H groups in total. The molecule has 0 radical (unpaired) electrons. The number of aromatic hydroxyl groups is 1. The molecule has 0 aliphatic carbocycles. The van der Waals surface area contributed by atoms with Gasteiger partial charge in [-0.1, -0.05) is 24.6 Å². The van der Waals surface area contributed by atoms with Gasteiger partial charge in [0.05, 0.1) is 19.1 Å². The lowest BCUT2D eigenvalue weighted by molar-refractivity contribution is -0.121. The van der Waals surface area contributed by atoms with E-state index < -0.39 is 0 Å². The van der Waals surface area contributed by atoms with Crippen LogP contribution < -0.4 is 5.32 Å². The number of rotatable bonds is 5. The summed E-state index contributed by atoms with van der Waals surface area (Å²) < 4.78 is 0. The first-order valence-electron chi connectivity index (χ1n) is 5.44. The van der Waals surface area contributed by atoms with Crippen LogP contribution in [0.3, 0.4) is 0 Å². The Labute approximate surface area is 105 Å². The van der Waals surface area contributed by atoms with Crippen molar-refractivity contribution in [3.63, 3.8) is 0 Å². The lowest BCUT2D eigenvalue weighted by Crippen LogP contribution is -2.37. The molecule has 1 amide bonds. The molecule has 1 atom stereocenters. The molecular formula is C12H16ClNO3. The van der Waals surface area contributed by atoms with Crippen LogP contribution in [0.2, 0.25) is 5.02 Å². The molecule has 0 heterocycles. The summed E-state index contributed by atoms with van der Waals surface area (Å²) in [5, 5.41) is 21.2. The van der Waals surface area contributed by atoms with Gasteiger partial charge >= 0.3 is 0 Å². The third-order valence-corrected chi connectivity index (χ3v) is 2.82. The summed E-state index contributed by atoms with van der Waals surface area (Å²) in [7, 11) is 0. The Hall–Kier alpha value is -1.26. The van der Waals surface area contributed by atoms with Crippen molar-refractivity contribution in [2.75, 3.05) is 6.61 Å². The van der Waals surface area contributed by atoms with E-state index in [2.05, 4.69) is 5.32 Å². The molecule has 0 spiro atoms. The highest BCUT2D eigenvalue weighted by atomic mass is 35.5. The normalized spacial score (nSPS) is 12.2. The summed E-state index contributed by atoms with van der Waals surface area (Å²) in [5.74, 6) is -0.126. The number of hydrogen-bond donors (Lipinski definition) is 3. The summed E-state index contributed by atoms with van der Waals surface area (Å²) in [4.78, 5) is 11.6. The van der Waals surface area contributed by atoms with Crippen molar-refractivity contribution in [1.29, 1.82) is 0 Å². The maximum atomic E-state index is 11.6. The Bertz CT molecular complexity index is 391. The van der Waals surface area contributed by atoms with Gasteiger partial charge in [0.25, 0.3) is 0 Å². The second-order valence-electron chi connectivity index (χ2n) is 3.81. The SMILES string of the molecule is CC[C@H](CO)NC(=O)Cc1ccc(O)cc1Cl. The van der Waals surface area contributed by atoms with E-state index in [1.54, 1.807) is 6.07 Å². The van der Waals surface area contributed by atoms with Crippen molar-refractivity contribution >= 4 is 17.5 Å². The number of amides is 1. The highest BCUT2D eigenvalue weighted by molar-refractivity contribution is 6.31. The smallest absolute Gasteiger partial charge is 0.224 e. The van der Waals surface area contributed by atoms with Gasteiger partial charge in [-0.15, -0.1) is 0 Å². The minimum Gasteiger partial charge on any atom is -0.508 e. The minimum absolute atomic E-state index is 0.0703. The highest BCUT2D eigenvalue weighted by Gasteiger charge is 2.11. The fraction of sp³-hybridized carbons (Fsp3) is 0.417. The van der Waals surface area contributed by atoms with Crippen molar-refractivity contribution in [2.24, 2.45) is 0 Å². The molecule has 0 aromatic heterocycles. The summed E-state index contributed by atoms with van der Waals surface area (Å²) in [6.45, 7) is 1.81. The number of phenolic OH excluding ortho intramolecular Hbond substituents is 1. The number of benzene rings is 1. The Morgan fingerprint density at radius 1 is 1.53 bits per heavy atom. The van der Waals surface area contributed by atoms with Gasteiger partial charge in [-0.3, -0.25) is 4.79 Å². The number of hydrogen-bond acceptors (Lipinski definition) is 3. The van der Waals surface area contributed by atoms with Crippen molar-refractivity contribution < 1.29 is 15.0 Å². The van der Waals surface area contributed by atoms with Crippen LogP contribution in [0.4, 0.5) is 0 Å². The van der Waals surface area contributed by atoms with Crippen molar-refractivity contribution in [1.82, 2.24) is 5.32 Å². The molecule has 1 rings (SSSR count). The first-order valence-corrected chi connectivity index (χ1v) is 5.82. The minimum atomic E-state index is -0.224. The lowest BCUT2D eigenvalue weighted by Gasteiger charge is -2.14. The Morgan fingerprint density at radius 3 is 2.76 bits per heavy atom. The molecule has 0 fully saturated rings. The molecule has 1 aromatic carbocycles. The largest absolute Gasteiger partial charge is 0.508 e. The van der Waals surface area contributed by atoms with E-state index in [9.17, 15) is 9.90 Å². The third kappa shape index (κ3) is 4.24. The number of aliphatic hydroxyl groups is 1. The van der Waals surface area contributed by atoms with Gasteiger partial charge in [0.1, 0.15) is 5.75 Å². The number of phenols is 1. The number of carbonyl (C=O) groups excluding carboxylic acids is 1. The monoisotopic (exact) mass is 257 g/mol. The molecule has 17 heavy (non-hydrogen) atoms. The second-order valence-corrected chi connectivity index (χ2v) is 4.21. The van der Waals surface area contributed by atoms with Crippen LogP contribution in [-0.4, -0.2) is 28.8 Å². The maximum Gasteiger partial charge on any atom is 0.224 e. The van der Waals surface area contributed by atoms with E-state index >= 15 is 0 Å². The van der Waals surface area contributed by atoms with Crippen molar-refractivity contribution in [3.8, 4) is 5.75 Å². The molecule has 0 saturated heterocycles. The Kier molecular flexibility index (Phi) is 5.25. The number of aliphatic hydroxyl groups excluding tert-OH is 1. The first-order chi connectivity index (χ1) is 8.06. The van der Waals surface area contributed by atoms with E-state index in [1.807, 2.05) is 6.92 Å². The molecule has 0 unspecified atom stereocenters. The molecule has 0 aliphatic heterocycles. The molecule has 0 bridgehead atoms. The number of carbonyl (C=O) groups is 1. The second kappa shape index (κ2) is 6.47. The van der Waals surface area contributed by atoms with Gasteiger partial charge in [0, 0.05) is 5.02 Å². The van der Waals surface area contributed by atoms with Gasteiger partial charge in [0.2, 0.25) is 5.91 Å². The highest BCUT2D eigenvalue weighted by Crippen LogP contribution is 2.21. The van der Waals surface area contributed by atoms with E-state index in [1.165, 1.54) is 12.1 Å². The van der Waals surface area contributed by atoms with Gasteiger partial charge in [0.15, 0.2) is 0 Å². The average molecular weight is 258 g/mol. The maximum absolute atomic E-state index is 11.6. The Morgan fingerprint density at radius 2 is 2.24 bits per heavy atom. The summed E-state index contributed by atoms with van der Waals surface area (Å²) >= 11 is 5.89. The molecule has 4 nitrogen and oxygen atoms in total. The van der Waals surface area contributed by atoms with E-state index in [0.717, 1.165) is 0 Å². The molecule has 1 aromatic rings. The number of nitrogens with one attached hydrogen (secondary N) is 1. The van der Waals surface area contributed by atoms with Gasteiger partial charge in [-0.2, -0.15) is 0 Å².